The Morgan fingerprint density at radius 2 is 2.26 bits per heavy atom. The van der Waals surface area contributed by atoms with E-state index in [4.69, 9.17) is 5.11 Å². The van der Waals surface area contributed by atoms with Crippen molar-refractivity contribution in [1.82, 2.24) is 15.1 Å². The molecule has 1 atom stereocenters. The molecule has 1 aromatic heterocycles. The molecule has 0 saturated heterocycles. The van der Waals surface area contributed by atoms with Crippen LogP contribution in [0.3, 0.4) is 0 Å². The molecule has 1 fully saturated rings. The second kappa shape index (κ2) is 5.42. The number of aliphatic carboxylic acids is 1. The normalized spacial score (nSPS) is 16.1. The first-order chi connectivity index (χ1) is 9.04. The van der Waals surface area contributed by atoms with Crippen molar-refractivity contribution in [2.75, 3.05) is 6.54 Å². The quantitative estimate of drug-likeness (QED) is 0.817. The summed E-state index contributed by atoms with van der Waals surface area (Å²) < 4.78 is 1.91. The van der Waals surface area contributed by atoms with Crippen LogP contribution in [0.4, 0.5) is 0 Å². The minimum Gasteiger partial charge on any atom is -0.480 e. The molecule has 6 heteroatoms. The predicted octanol–water partition coefficient (Wildman–Crippen LogP) is 1.55. The lowest BCUT2D eigenvalue weighted by atomic mass is 10.1. The first kappa shape index (κ1) is 13.6. The topological polar surface area (TPSA) is 84.2 Å². The van der Waals surface area contributed by atoms with E-state index in [1.807, 2.05) is 4.68 Å². The lowest BCUT2D eigenvalue weighted by Crippen LogP contribution is -2.29. The fourth-order valence-electron chi connectivity index (χ4n) is 2.09. The molecule has 0 spiro atoms. The summed E-state index contributed by atoms with van der Waals surface area (Å²) in [5.41, 5.74) is 1.47. The Labute approximate surface area is 111 Å². The Morgan fingerprint density at radius 3 is 2.79 bits per heavy atom. The van der Waals surface area contributed by atoms with Crippen LogP contribution in [0.25, 0.3) is 0 Å². The van der Waals surface area contributed by atoms with Crippen molar-refractivity contribution in [3.63, 3.8) is 0 Å². The summed E-state index contributed by atoms with van der Waals surface area (Å²) in [6.07, 6.45) is 4.64. The number of carbonyl (C=O) groups excluding carboxylic acids is 1. The number of aromatic nitrogens is 2. The number of hydrogen-bond donors (Lipinski definition) is 2. The van der Waals surface area contributed by atoms with Gasteiger partial charge in [0.2, 0.25) is 0 Å². The van der Waals surface area contributed by atoms with Crippen LogP contribution in [0, 0.1) is 0 Å². The molecule has 1 heterocycles. The fraction of sp³-hybridized carbons (Fsp3) is 0.615. The molecule has 0 aliphatic heterocycles. The molecule has 6 nitrogen and oxygen atoms in total. The standard InChI is InChI=1S/C13H19N3O3/c1-3-8(2)16-12(9-4-5-9)10(6-15-16)13(19)14-7-11(17)18/h6,8-9H,3-5,7H2,1-2H3,(H,14,19)(H,17,18). The average molecular weight is 265 g/mol. The first-order valence-electron chi connectivity index (χ1n) is 6.62. The molecule has 0 bridgehead atoms. The molecule has 104 valence electrons. The highest BCUT2D eigenvalue weighted by Gasteiger charge is 2.33. The Bertz CT molecular complexity index is 491. The van der Waals surface area contributed by atoms with Crippen molar-refractivity contribution >= 4 is 11.9 Å². The molecule has 0 radical (unpaired) electrons. The lowest BCUT2D eigenvalue weighted by Gasteiger charge is -2.14. The smallest absolute Gasteiger partial charge is 0.322 e. The molecular formula is C13H19N3O3. The first-order valence-corrected chi connectivity index (χ1v) is 6.62. The highest BCUT2D eigenvalue weighted by molar-refractivity contribution is 5.96. The second-order valence-corrected chi connectivity index (χ2v) is 5.00. The maximum atomic E-state index is 12.0. The van der Waals surface area contributed by atoms with E-state index in [0.717, 1.165) is 25.0 Å². The minimum absolute atomic E-state index is 0.247. The largest absolute Gasteiger partial charge is 0.480 e. The van der Waals surface area contributed by atoms with E-state index in [2.05, 4.69) is 24.3 Å². The van der Waals surface area contributed by atoms with Gasteiger partial charge in [-0.3, -0.25) is 14.3 Å². The van der Waals surface area contributed by atoms with Crippen molar-refractivity contribution in [2.24, 2.45) is 0 Å². The van der Waals surface area contributed by atoms with Gasteiger partial charge in [-0.1, -0.05) is 6.92 Å². The van der Waals surface area contributed by atoms with E-state index in [0.29, 0.717) is 11.5 Å². The molecular weight excluding hydrogens is 246 g/mol. The van der Waals surface area contributed by atoms with E-state index >= 15 is 0 Å². The van der Waals surface area contributed by atoms with E-state index in [9.17, 15) is 9.59 Å². The predicted molar refractivity (Wildman–Crippen MR) is 69.2 cm³/mol. The van der Waals surface area contributed by atoms with Gasteiger partial charge in [0.15, 0.2) is 0 Å². The van der Waals surface area contributed by atoms with Crippen LogP contribution in [0.15, 0.2) is 6.20 Å². The third-order valence-electron chi connectivity index (χ3n) is 3.45. The van der Waals surface area contributed by atoms with E-state index in [-0.39, 0.29) is 18.5 Å². The van der Waals surface area contributed by atoms with Crippen LogP contribution in [0.5, 0.6) is 0 Å². The summed E-state index contributed by atoms with van der Waals surface area (Å²) in [5, 5.41) is 15.3. The molecule has 2 N–H and O–H groups in total. The van der Waals surface area contributed by atoms with Gasteiger partial charge in [0.1, 0.15) is 6.54 Å². The molecule has 1 unspecified atom stereocenters. The molecule has 0 aromatic carbocycles. The summed E-state index contributed by atoms with van der Waals surface area (Å²) in [6.45, 7) is 3.78. The van der Waals surface area contributed by atoms with Crippen molar-refractivity contribution < 1.29 is 14.7 Å². The number of carbonyl (C=O) groups is 2. The van der Waals surface area contributed by atoms with Gasteiger partial charge in [0.05, 0.1) is 17.5 Å². The number of carboxylic acid groups (broad SMARTS) is 1. The lowest BCUT2D eigenvalue weighted by molar-refractivity contribution is -0.135. The molecule has 1 aliphatic rings. The van der Waals surface area contributed by atoms with Crippen LogP contribution in [0.1, 0.15) is 61.1 Å². The zero-order valence-electron chi connectivity index (χ0n) is 11.2. The summed E-state index contributed by atoms with van der Waals surface area (Å²) in [7, 11) is 0. The van der Waals surface area contributed by atoms with Gasteiger partial charge in [-0.15, -0.1) is 0 Å². The number of rotatable bonds is 6. The summed E-state index contributed by atoms with van der Waals surface area (Å²) >= 11 is 0. The minimum atomic E-state index is -1.05. The number of nitrogens with one attached hydrogen (secondary N) is 1. The van der Waals surface area contributed by atoms with Gasteiger partial charge < -0.3 is 10.4 Å². The summed E-state index contributed by atoms with van der Waals surface area (Å²) in [4.78, 5) is 22.5. The Morgan fingerprint density at radius 1 is 1.58 bits per heavy atom. The molecule has 2 rings (SSSR count). The number of nitrogens with zero attached hydrogens (tertiary/aromatic N) is 2. The summed E-state index contributed by atoms with van der Waals surface area (Å²) in [6, 6.07) is 0.247. The van der Waals surface area contributed by atoms with Crippen LogP contribution in [-0.2, 0) is 4.79 Å². The zero-order valence-corrected chi connectivity index (χ0v) is 11.2. The van der Waals surface area contributed by atoms with Gasteiger partial charge in [0, 0.05) is 12.0 Å². The molecule has 1 amide bonds. The number of hydrogen-bond acceptors (Lipinski definition) is 3. The van der Waals surface area contributed by atoms with E-state index in [1.165, 1.54) is 0 Å². The Kier molecular flexibility index (Phi) is 3.87. The van der Waals surface area contributed by atoms with Gasteiger partial charge in [-0.05, 0) is 26.2 Å². The Balaban J connectivity index is 2.22. The molecule has 1 aliphatic carbocycles. The highest BCUT2D eigenvalue weighted by Crippen LogP contribution is 2.42. The molecule has 1 saturated carbocycles. The van der Waals surface area contributed by atoms with Gasteiger partial charge in [0.25, 0.3) is 5.91 Å². The highest BCUT2D eigenvalue weighted by atomic mass is 16.4. The van der Waals surface area contributed by atoms with E-state index in [1.54, 1.807) is 6.20 Å². The SMILES string of the molecule is CCC(C)n1ncc(C(=O)NCC(=O)O)c1C1CC1. The van der Waals surface area contributed by atoms with Crippen molar-refractivity contribution in [3.8, 4) is 0 Å². The molecule has 19 heavy (non-hydrogen) atoms. The second-order valence-electron chi connectivity index (χ2n) is 5.00. The van der Waals surface area contributed by atoms with Crippen LogP contribution in [0.2, 0.25) is 0 Å². The van der Waals surface area contributed by atoms with Gasteiger partial charge in [-0.25, -0.2) is 0 Å². The third kappa shape index (κ3) is 2.94. The van der Waals surface area contributed by atoms with Crippen molar-refractivity contribution in [2.45, 2.75) is 45.1 Å². The van der Waals surface area contributed by atoms with Gasteiger partial charge in [-0.2, -0.15) is 5.10 Å². The molecule has 1 aromatic rings. The van der Waals surface area contributed by atoms with Crippen molar-refractivity contribution in [3.05, 3.63) is 17.5 Å². The number of carboxylic acids is 1. The van der Waals surface area contributed by atoms with Crippen molar-refractivity contribution in [1.29, 1.82) is 0 Å². The van der Waals surface area contributed by atoms with Crippen LogP contribution < -0.4 is 5.32 Å². The zero-order chi connectivity index (χ0) is 14.0. The Hall–Kier alpha value is -1.85. The van der Waals surface area contributed by atoms with Gasteiger partial charge >= 0.3 is 5.97 Å². The maximum absolute atomic E-state index is 12.0. The van der Waals surface area contributed by atoms with Crippen LogP contribution in [-0.4, -0.2) is 33.3 Å². The monoisotopic (exact) mass is 265 g/mol. The maximum Gasteiger partial charge on any atom is 0.322 e. The fourth-order valence-corrected chi connectivity index (χ4v) is 2.09. The average Bonchev–Trinajstić information content (AvgIpc) is 3.13. The number of amides is 1. The van der Waals surface area contributed by atoms with Crippen LogP contribution >= 0.6 is 0 Å². The third-order valence-corrected chi connectivity index (χ3v) is 3.45. The summed E-state index contributed by atoms with van der Waals surface area (Å²) in [5.74, 6) is -1.00. The van der Waals surface area contributed by atoms with E-state index < -0.39 is 5.97 Å².